The Hall–Kier alpha value is 0.493. The zero-order valence-corrected chi connectivity index (χ0v) is 6.53. The third-order valence-electron chi connectivity index (χ3n) is 0. The van der Waals surface area contributed by atoms with Crippen molar-refractivity contribution in [1.29, 1.82) is 0 Å². The zero-order chi connectivity index (χ0) is 4.50. The molecule has 0 aliphatic heterocycles. The first-order valence-corrected chi connectivity index (χ1v) is 2.00. The maximum Gasteiger partial charge on any atom is 2.00 e. The molecule has 0 aromatic carbocycles. The van der Waals surface area contributed by atoms with Crippen LogP contribution in [0.4, 0.5) is 0 Å². The average molecular weight is 174 g/mol. The smallest absolute Gasteiger partial charge is 0.759 e. The van der Waals surface area contributed by atoms with Crippen LogP contribution in [0, 0.1) is 0 Å². The van der Waals surface area contributed by atoms with Gasteiger partial charge in [0.15, 0.2) is 0 Å². The molecule has 4 nitrogen and oxygen atoms in total. The minimum Gasteiger partial charge on any atom is -0.759 e. The van der Waals surface area contributed by atoms with E-state index in [4.69, 9.17) is 17.5 Å². The molecule has 0 saturated heterocycles. The van der Waals surface area contributed by atoms with Crippen LogP contribution in [-0.2, 0) is 29.9 Å². The molecule has 6 heteroatoms. The van der Waals surface area contributed by atoms with Crippen LogP contribution in [0.3, 0.4) is 0 Å². The van der Waals surface area contributed by atoms with Crippen LogP contribution in [0.2, 0.25) is 0 Å². The maximum absolute atomic E-state index is 8.52. The molecule has 0 unspecified atom stereocenters. The summed E-state index contributed by atoms with van der Waals surface area (Å²) in [5.74, 6) is 0. The number of hydrogen-bond acceptors (Lipinski definition) is 4. The molecule has 0 heterocycles. The third-order valence-corrected chi connectivity index (χ3v) is 0. The van der Waals surface area contributed by atoms with Gasteiger partial charge < -0.3 is 9.11 Å². The molecule has 0 atom stereocenters. The Kier molecular flexibility index (Phi) is 4.25. The molecule has 0 aliphatic rings. The van der Waals surface area contributed by atoms with Gasteiger partial charge in [-0.1, -0.05) is 0 Å². The van der Waals surface area contributed by atoms with Crippen molar-refractivity contribution in [2.45, 2.75) is 0 Å². The largest absolute Gasteiger partial charge is 2.00 e. The molecule has 0 spiro atoms. The van der Waals surface area contributed by atoms with E-state index >= 15 is 0 Å². The van der Waals surface area contributed by atoms with E-state index in [1.165, 1.54) is 0 Å². The van der Waals surface area contributed by atoms with Crippen molar-refractivity contribution in [3.05, 3.63) is 0 Å². The van der Waals surface area contributed by atoms with E-state index in [2.05, 4.69) is 0 Å². The summed E-state index contributed by atoms with van der Waals surface area (Å²) in [4.78, 5) is 0. The zero-order valence-electron chi connectivity index (χ0n) is 2.75. The molecular formula is H12O4SZn. The predicted octanol–water partition coefficient (Wildman–Crippen LogP) is 0.136. The fraction of sp³-hybridized carbons (Fsp3) is 0. The molecule has 44 valence electrons. The first kappa shape index (κ1) is 9.71. The van der Waals surface area contributed by atoms with Crippen molar-refractivity contribution in [3.8, 4) is 0 Å². The van der Waals surface area contributed by atoms with Crippen LogP contribution in [0.15, 0.2) is 0 Å². The Morgan fingerprint density at radius 2 is 1.33 bits per heavy atom. The minimum absolute atomic E-state index is 0. The molecule has 0 rings (SSSR count). The number of hydrogen-bond donors (Lipinski definition) is 0. The van der Waals surface area contributed by atoms with E-state index in [9.17, 15) is 0 Å². The fourth-order valence-electron chi connectivity index (χ4n) is 0. The Morgan fingerprint density at radius 3 is 1.33 bits per heavy atom. The van der Waals surface area contributed by atoms with Gasteiger partial charge in [-0.15, -0.1) is 0 Å². The third kappa shape index (κ3) is 225. The number of rotatable bonds is 0. The Balaban J connectivity index is -0.00000000381. The SMILES string of the molecule is O=S(=O)([O-])[O-].[HH].[HH].[HH].[HH].[HH].[HH].[Zn+2]. The minimum atomic E-state index is -5.17. The van der Waals surface area contributed by atoms with E-state index in [1.807, 2.05) is 0 Å². The van der Waals surface area contributed by atoms with Crippen LogP contribution in [0.1, 0.15) is 8.56 Å². The Morgan fingerprint density at radius 1 is 1.33 bits per heavy atom. The van der Waals surface area contributed by atoms with Gasteiger partial charge >= 0.3 is 19.5 Å². The molecule has 0 N–H and O–H groups in total. The molecule has 0 saturated carbocycles. The predicted molar refractivity (Wildman–Crippen MR) is 23.2 cm³/mol. The molecule has 0 bridgehead atoms. The van der Waals surface area contributed by atoms with E-state index in [0.29, 0.717) is 0 Å². The standard InChI is InChI=1S/H2O4S.Zn.6H2/c1-5(2,3)4;;;;;;;/h(H2,1,2,3,4);;6*1H/q;+2;;;;;;/p-2. The molecule has 0 radical (unpaired) electrons. The van der Waals surface area contributed by atoms with Gasteiger partial charge in [-0.05, 0) is 0 Å². The van der Waals surface area contributed by atoms with E-state index in [0.717, 1.165) is 0 Å². The Labute approximate surface area is 56.8 Å². The Bertz CT molecular complexity index is 103. The topological polar surface area (TPSA) is 80.3 Å². The van der Waals surface area contributed by atoms with Crippen LogP contribution in [0.5, 0.6) is 0 Å². The quantitative estimate of drug-likeness (QED) is 0.296. The molecule has 0 aliphatic carbocycles. The van der Waals surface area contributed by atoms with Gasteiger partial charge in [-0.3, -0.25) is 8.42 Å². The van der Waals surface area contributed by atoms with Crippen molar-refractivity contribution < 1.29 is 45.6 Å². The summed E-state index contributed by atoms with van der Waals surface area (Å²) in [5.41, 5.74) is 0. The van der Waals surface area contributed by atoms with Crippen molar-refractivity contribution in [1.82, 2.24) is 0 Å². The van der Waals surface area contributed by atoms with Crippen LogP contribution < -0.4 is 0 Å². The second-order valence-electron chi connectivity index (χ2n) is 0.408. The second kappa shape index (κ2) is 2.63. The monoisotopic (exact) mass is 172 g/mol. The van der Waals surface area contributed by atoms with Gasteiger partial charge in [0.05, 0.1) is 0 Å². The summed E-state index contributed by atoms with van der Waals surface area (Å²) < 4.78 is 34.1. The summed E-state index contributed by atoms with van der Waals surface area (Å²) in [6, 6.07) is 0. The molecule has 0 aromatic heterocycles. The molecule has 0 amide bonds. The summed E-state index contributed by atoms with van der Waals surface area (Å²) in [6.45, 7) is 0. The van der Waals surface area contributed by atoms with Gasteiger partial charge in [0.25, 0.3) is 0 Å². The summed E-state index contributed by atoms with van der Waals surface area (Å²) in [7, 11) is -5.17. The van der Waals surface area contributed by atoms with E-state index < -0.39 is 10.4 Å². The summed E-state index contributed by atoms with van der Waals surface area (Å²) >= 11 is 0. The normalized spacial score (nSPS) is 9.67. The maximum atomic E-state index is 8.52. The van der Waals surface area contributed by atoms with E-state index in [1.54, 1.807) is 0 Å². The van der Waals surface area contributed by atoms with Crippen LogP contribution in [0.25, 0.3) is 0 Å². The summed E-state index contributed by atoms with van der Waals surface area (Å²) in [5, 5.41) is 0. The molecular weight excluding hydrogens is 161 g/mol. The van der Waals surface area contributed by atoms with Gasteiger partial charge in [-0.25, -0.2) is 0 Å². The van der Waals surface area contributed by atoms with Gasteiger partial charge in [0.2, 0.25) is 0 Å². The van der Waals surface area contributed by atoms with Crippen molar-refractivity contribution in [3.63, 3.8) is 0 Å². The average Bonchev–Trinajstić information content (AvgIpc) is 0.722. The van der Waals surface area contributed by atoms with Gasteiger partial charge in [0, 0.05) is 19.0 Å². The van der Waals surface area contributed by atoms with Crippen molar-refractivity contribution in [2.75, 3.05) is 0 Å². The first-order valence-electron chi connectivity index (χ1n) is 0.667. The molecule has 0 fully saturated rings. The van der Waals surface area contributed by atoms with Gasteiger partial charge in [-0.2, -0.15) is 0 Å². The van der Waals surface area contributed by atoms with Gasteiger partial charge in [0.1, 0.15) is 0 Å². The van der Waals surface area contributed by atoms with Crippen LogP contribution >= 0.6 is 0 Å². The van der Waals surface area contributed by atoms with E-state index in [-0.39, 0.29) is 28.0 Å². The van der Waals surface area contributed by atoms with Crippen molar-refractivity contribution in [2.24, 2.45) is 0 Å². The van der Waals surface area contributed by atoms with Crippen LogP contribution in [-0.4, -0.2) is 17.5 Å². The second-order valence-corrected chi connectivity index (χ2v) is 1.22. The molecule has 6 heavy (non-hydrogen) atoms. The first-order chi connectivity index (χ1) is 2.00. The molecule has 0 aromatic rings. The fourth-order valence-corrected chi connectivity index (χ4v) is 0. The van der Waals surface area contributed by atoms with Crippen molar-refractivity contribution >= 4 is 10.4 Å². The summed E-state index contributed by atoms with van der Waals surface area (Å²) in [6.07, 6.45) is 0.